The van der Waals surface area contributed by atoms with E-state index in [9.17, 15) is 14.6 Å². The molecule has 2 bridgehead atoms. The van der Waals surface area contributed by atoms with Crippen molar-refractivity contribution in [1.29, 1.82) is 0 Å². The summed E-state index contributed by atoms with van der Waals surface area (Å²) in [5, 5.41) is 0. The molecule has 0 radical (unpaired) electrons. The summed E-state index contributed by atoms with van der Waals surface area (Å²) in [6.45, 7) is -9.04. The topological polar surface area (TPSA) is 255 Å². The summed E-state index contributed by atoms with van der Waals surface area (Å²) in [5.41, 5.74) is 11.5. The lowest BCUT2D eigenvalue weighted by atomic mass is 10.1. The van der Waals surface area contributed by atoms with Crippen molar-refractivity contribution >= 4 is 71.1 Å². The lowest BCUT2D eigenvalue weighted by Crippen LogP contribution is -2.34. The molecular weight excluding hydrogens is 669 g/mol. The maximum absolute atomic E-state index is 16.0. The van der Waals surface area contributed by atoms with E-state index in [1.54, 1.807) is 0 Å². The first-order valence-corrected chi connectivity index (χ1v) is 18.0. The van der Waals surface area contributed by atoms with Crippen molar-refractivity contribution in [3.05, 3.63) is 29.3 Å². The Morgan fingerprint density at radius 3 is 2.43 bits per heavy atom. The number of ether oxygens (including phenoxy) is 2. The van der Waals surface area contributed by atoms with Crippen LogP contribution in [0.5, 0.6) is 0 Å². The van der Waals surface area contributed by atoms with E-state index < -0.39 is 68.6 Å². The van der Waals surface area contributed by atoms with Gasteiger partial charge in [0.15, 0.2) is 41.3 Å². The molecule has 3 fully saturated rings. The van der Waals surface area contributed by atoms with Crippen LogP contribution in [-0.2, 0) is 51.2 Å². The van der Waals surface area contributed by atoms with Crippen molar-refractivity contribution in [2.75, 3.05) is 24.7 Å². The minimum Gasteiger partial charge on any atom is -0.382 e. The SMILES string of the molecule is Nc1nc2c(ncn2[C@@H]2O[C@@H]3COP(O)(=S)O[C@@H]4C(F)[C@H](n5cnc6c(N)ncnc65)O[C@@H]4COP(O)(=S)OC2C3)c(=O)[nH]1. The average molecular weight is 693 g/mol. The predicted molar refractivity (Wildman–Crippen MR) is 154 cm³/mol. The van der Waals surface area contributed by atoms with Crippen LogP contribution >= 0.6 is 13.4 Å². The Morgan fingerprint density at radius 2 is 1.64 bits per heavy atom. The van der Waals surface area contributed by atoms with Crippen LogP contribution in [0.3, 0.4) is 0 Å². The fourth-order valence-corrected chi connectivity index (χ4v) is 8.16. The van der Waals surface area contributed by atoms with Gasteiger partial charge in [0.2, 0.25) is 5.95 Å². The number of alkyl halides is 1. The number of hydrogen-bond acceptors (Lipinski definition) is 16. The van der Waals surface area contributed by atoms with Crippen LogP contribution in [0.2, 0.25) is 0 Å². The molecule has 4 aromatic rings. The molecule has 7 rings (SSSR count). The van der Waals surface area contributed by atoms with Crippen molar-refractivity contribution in [2.24, 2.45) is 0 Å². The van der Waals surface area contributed by atoms with Gasteiger partial charge >= 0.3 is 13.4 Å². The molecule has 44 heavy (non-hydrogen) atoms. The molecule has 0 amide bonds. The van der Waals surface area contributed by atoms with Gasteiger partial charge in [-0.05, 0) is 23.6 Å². The molecule has 0 aromatic carbocycles. The average Bonchev–Trinajstić information content (AvgIpc) is 3.72. The Hall–Kier alpha value is -2.59. The monoisotopic (exact) mass is 692 g/mol. The number of H-pyrrole nitrogens is 1. The first-order valence-electron chi connectivity index (χ1n) is 12.8. The van der Waals surface area contributed by atoms with Gasteiger partial charge in [0.05, 0.1) is 32.0 Å². The van der Waals surface area contributed by atoms with Gasteiger partial charge in [-0.25, -0.2) is 24.3 Å². The second-order valence-electron chi connectivity index (χ2n) is 9.99. The zero-order valence-electron chi connectivity index (χ0n) is 22.0. The highest BCUT2D eigenvalue weighted by Gasteiger charge is 2.51. The summed E-state index contributed by atoms with van der Waals surface area (Å²) in [7, 11) is 0. The molecule has 4 aromatic heterocycles. The highest BCUT2D eigenvalue weighted by molar-refractivity contribution is 8.07. The quantitative estimate of drug-likeness (QED) is 0.172. The third-order valence-electron chi connectivity index (χ3n) is 7.15. The fourth-order valence-electron chi connectivity index (χ4n) is 5.26. The van der Waals surface area contributed by atoms with Gasteiger partial charge < -0.3 is 44.3 Å². The van der Waals surface area contributed by atoms with E-state index >= 15 is 4.39 Å². The lowest BCUT2D eigenvalue weighted by molar-refractivity contribution is -0.0597. The summed E-state index contributed by atoms with van der Waals surface area (Å²) in [6.07, 6.45) is -5.14. The number of halogens is 1. The Kier molecular flexibility index (Phi) is 7.55. The third-order valence-corrected chi connectivity index (χ3v) is 10.3. The van der Waals surface area contributed by atoms with Gasteiger partial charge in [-0.1, -0.05) is 0 Å². The number of imidazole rings is 2. The Labute approximate surface area is 255 Å². The summed E-state index contributed by atoms with van der Waals surface area (Å²) in [5.74, 6) is -0.0859. The van der Waals surface area contributed by atoms with E-state index in [2.05, 4.69) is 29.9 Å². The van der Waals surface area contributed by atoms with E-state index in [4.69, 9.17) is 62.6 Å². The number of aromatic amines is 1. The van der Waals surface area contributed by atoms with E-state index in [1.165, 1.54) is 28.1 Å². The molecule has 0 aliphatic carbocycles. The van der Waals surface area contributed by atoms with Crippen LogP contribution in [0, 0.1) is 0 Å². The molecule has 3 aliphatic rings. The van der Waals surface area contributed by atoms with Gasteiger partial charge in [0, 0.05) is 6.42 Å². The Morgan fingerprint density at radius 1 is 0.932 bits per heavy atom. The predicted octanol–water partition coefficient (Wildman–Crippen LogP) is -0.102. The van der Waals surface area contributed by atoms with Crippen molar-refractivity contribution in [1.82, 2.24) is 39.0 Å². The minimum atomic E-state index is -4.12. The molecule has 7 N–H and O–H groups in total. The van der Waals surface area contributed by atoms with Gasteiger partial charge in [-0.3, -0.25) is 23.4 Å². The maximum atomic E-state index is 16.0. The Balaban J connectivity index is 1.19. The van der Waals surface area contributed by atoms with Crippen molar-refractivity contribution < 1.29 is 41.7 Å². The van der Waals surface area contributed by atoms with Crippen LogP contribution in [0.15, 0.2) is 23.8 Å². The summed E-state index contributed by atoms with van der Waals surface area (Å²) >= 11 is 10.5. The molecular formula is C20H23FN10O9P2S2. The standard InChI is InChI=1S/C20H23FN10O9P2S2/c21-10-13-9(38-19(10)30-5-26-11-14(22)24-4-25-15(11)30)3-36-41(33,43)39-8-1-7(2-35-42(34,44)40-13)37-18(8)31-6-27-12-16(31)28-20(23)29-17(12)32/h4-10,13,18-19H,1-3H2,(H,33,43)(H,34,44)(H2,22,24,25)(H3,23,28,29,32)/t7-,8?,9+,10?,13-,18+,19+,41?,42?/m0/s1. The highest BCUT2D eigenvalue weighted by atomic mass is 32.5. The van der Waals surface area contributed by atoms with Crippen LogP contribution in [-0.4, -0.2) is 92.6 Å². The lowest BCUT2D eigenvalue weighted by Gasteiger charge is -2.27. The molecule has 236 valence electrons. The Bertz CT molecular complexity index is 1910. The van der Waals surface area contributed by atoms with E-state index in [0.717, 1.165) is 0 Å². The summed E-state index contributed by atoms with van der Waals surface area (Å²) < 4.78 is 53.3. The van der Waals surface area contributed by atoms with Crippen LogP contribution < -0.4 is 17.0 Å². The van der Waals surface area contributed by atoms with Crippen LogP contribution in [0.4, 0.5) is 16.2 Å². The number of nitrogen functional groups attached to an aromatic ring is 2. The molecule has 0 spiro atoms. The van der Waals surface area contributed by atoms with E-state index in [0.29, 0.717) is 0 Å². The normalized spacial score (nSPS) is 36.6. The molecule has 24 heteroatoms. The maximum Gasteiger partial charge on any atom is 0.325 e. The smallest absolute Gasteiger partial charge is 0.325 e. The molecule has 3 aliphatic heterocycles. The van der Waals surface area contributed by atoms with Gasteiger partial charge in [0.25, 0.3) is 5.56 Å². The van der Waals surface area contributed by atoms with Crippen LogP contribution in [0.25, 0.3) is 22.3 Å². The number of fused-ring (bicyclic) bond motifs is 5. The van der Waals surface area contributed by atoms with Crippen molar-refractivity contribution in [3.8, 4) is 0 Å². The number of hydrogen-bond donors (Lipinski definition) is 5. The molecule has 19 nitrogen and oxygen atoms in total. The van der Waals surface area contributed by atoms with E-state index in [-0.39, 0.29) is 47.1 Å². The second kappa shape index (κ2) is 11.0. The first kappa shape index (κ1) is 30.1. The molecule has 9 atom stereocenters. The number of rotatable bonds is 2. The number of nitrogens with one attached hydrogen (secondary N) is 1. The van der Waals surface area contributed by atoms with Gasteiger partial charge in [0.1, 0.15) is 30.2 Å². The van der Waals surface area contributed by atoms with Gasteiger partial charge in [-0.15, -0.1) is 0 Å². The van der Waals surface area contributed by atoms with Crippen molar-refractivity contribution in [3.63, 3.8) is 0 Å². The molecule has 0 saturated carbocycles. The first-order chi connectivity index (χ1) is 20.9. The summed E-state index contributed by atoms with van der Waals surface area (Å²) in [6, 6.07) is 0. The molecule has 3 saturated heterocycles. The zero-order valence-corrected chi connectivity index (χ0v) is 25.4. The minimum absolute atomic E-state index is 0.0193. The third kappa shape index (κ3) is 5.44. The largest absolute Gasteiger partial charge is 0.382 e. The number of nitrogens with two attached hydrogens (primary N) is 2. The summed E-state index contributed by atoms with van der Waals surface area (Å²) in [4.78, 5) is 57.0. The van der Waals surface area contributed by atoms with E-state index in [1.807, 2.05) is 0 Å². The van der Waals surface area contributed by atoms with Gasteiger partial charge in [-0.2, -0.15) is 4.98 Å². The van der Waals surface area contributed by atoms with Crippen molar-refractivity contribution in [2.45, 2.75) is 49.5 Å². The number of aromatic nitrogens is 8. The number of anilines is 2. The zero-order chi connectivity index (χ0) is 31.0. The number of nitrogens with zero attached hydrogens (tertiary/aromatic N) is 7. The van der Waals surface area contributed by atoms with Crippen LogP contribution in [0.1, 0.15) is 18.9 Å². The molecule has 4 unspecified atom stereocenters. The molecule has 7 heterocycles. The highest BCUT2D eigenvalue weighted by Crippen LogP contribution is 2.54. The fraction of sp³-hybridized carbons (Fsp3) is 0.500. The second-order valence-corrected chi connectivity index (χ2v) is 15.6.